The third-order valence-corrected chi connectivity index (χ3v) is 6.61. The molecule has 0 spiro atoms. The summed E-state index contributed by atoms with van der Waals surface area (Å²) in [7, 11) is -6.00. The van der Waals surface area contributed by atoms with Gasteiger partial charge in [-0.25, -0.2) is 21.6 Å². The van der Waals surface area contributed by atoms with Crippen LogP contribution in [0.15, 0.2) is 58.3 Å². The molecule has 0 amide bonds. The lowest BCUT2D eigenvalue weighted by atomic mass is 10.1. The molecule has 2 N–H and O–H groups in total. The summed E-state index contributed by atoms with van der Waals surface area (Å²) < 4.78 is 52.8. The summed E-state index contributed by atoms with van der Waals surface area (Å²) in [5.74, 6) is 0.556. The first-order valence-electron chi connectivity index (χ1n) is 7.50. The second-order valence-electron chi connectivity index (χ2n) is 5.27. The van der Waals surface area contributed by atoms with Gasteiger partial charge in [-0.15, -0.1) is 11.6 Å². The number of hydrogen-bond donors (Lipinski definition) is 2. The average Bonchev–Trinajstić information content (AvgIpc) is 2.60. The summed E-state index contributed by atoms with van der Waals surface area (Å²) in [6, 6.07) is 12.0. The largest absolute Gasteiger partial charge is 0.280 e. The molecule has 6 nitrogen and oxygen atoms in total. The van der Waals surface area contributed by atoms with Crippen molar-refractivity contribution in [2.24, 2.45) is 0 Å². The molecule has 0 atom stereocenters. The molecule has 0 aliphatic rings. The van der Waals surface area contributed by atoms with Crippen LogP contribution in [0.4, 0.5) is 5.69 Å². The van der Waals surface area contributed by atoms with Crippen LogP contribution >= 0.6 is 11.6 Å². The lowest BCUT2D eigenvalue weighted by Gasteiger charge is -2.10. The Labute approximate surface area is 153 Å². The number of alkyl halides is 1. The van der Waals surface area contributed by atoms with E-state index in [0.29, 0.717) is 5.88 Å². The van der Waals surface area contributed by atoms with E-state index in [4.69, 9.17) is 11.6 Å². The molecule has 0 aliphatic carbocycles. The molecule has 9 heteroatoms. The van der Waals surface area contributed by atoms with Crippen molar-refractivity contribution >= 4 is 37.3 Å². The molecule has 0 saturated heterocycles. The SMILES string of the molecule is CNS(=O)(=O)c1ccc(NS(=O)(=O)c2ccc(CCCCl)cc2)cc1. The van der Waals surface area contributed by atoms with Crippen molar-refractivity contribution < 1.29 is 16.8 Å². The number of halogens is 1. The van der Waals surface area contributed by atoms with Gasteiger partial charge in [0.2, 0.25) is 10.0 Å². The van der Waals surface area contributed by atoms with Gasteiger partial charge in [0.25, 0.3) is 10.0 Å². The Balaban J connectivity index is 2.15. The van der Waals surface area contributed by atoms with Gasteiger partial charge in [-0.1, -0.05) is 12.1 Å². The highest BCUT2D eigenvalue weighted by Gasteiger charge is 2.15. The van der Waals surface area contributed by atoms with Crippen LogP contribution in [0.2, 0.25) is 0 Å². The number of anilines is 1. The summed E-state index contributed by atoms with van der Waals surface area (Å²) in [5.41, 5.74) is 1.29. The van der Waals surface area contributed by atoms with Gasteiger partial charge in [0.05, 0.1) is 9.79 Å². The normalized spacial score (nSPS) is 12.1. The van der Waals surface area contributed by atoms with E-state index in [2.05, 4.69) is 9.44 Å². The zero-order chi connectivity index (χ0) is 18.5. The van der Waals surface area contributed by atoms with Gasteiger partial charge in [0, 0.05) is 11.6 Å². The molecule has 0 aliphatic heterocycles. The molecule has 2 aromatic rings. The smallest absolute Gasteiger partial charge is 0.261 e. The van der Waals surface area contributed by atoms with Gasteiger partial charge in [0.15, 0.2) is 0 Å². The number of nitrogens with one attached hydrogen (secondary N) is 2. The van der Waals surface area contributed by atoms with E-state index < -0.39 is 20.0 Å². The van der Waals surface area contributed by atoms with Crippen LogP contribution < -0.4 is 9.44 Å². The number of rotatable bonds is 8. The number of hydrogen-bond acceptors (Lipinski definition) is 4. The molecule has 0 aromatic heterocycles. The van der Waals surface area contributed by atoms with Crippen molar-refractivity contribution in [2.45, 2.75) is 22.6 Å². The van der Waals surface area contributed by atoms with Gasteiger partial charge in [-0.05, 0) is 61.9 Å². The van der Waals surface area contributed by atoms with Crippen LogP contribution in [0.5, 0.6) is 0 Å². The van der Waals surface area contributed by atoms with E-state index >= 15 is 0 Å². The lowest BCUT2D eigenvalue weighted by molar-refractivity contribution is 0.588. The van der Waals surface area contributed by atoms with Gasteiger partial charge < -0.3 is 0 Å². The maximum atomic E-state index is 12.4. The van der Waals surface area contributed by atoms with E-state index in [1.165, 1.54) is 43.4 Å². The Morgan fingerprint density at radius 2 is 1.36 bits per heavy atom. The van der Waals surface area contributed by atoms with Crippen molar-refractivity contribution in [3.63, 3.8) is 0 Å². The van der Waals surface area contributed by atoms with Crippen LogP contribution in [-0.4, -0.2) is 29.8 Å². The van der Waals surface area contributed by atoms with E-state index in [-0.39, 0.29) is 15.5 Å². The third kappa shape index (κ3) is 5.18. The fourth-order valence-corrected chi connectivity index (χ4v) is 4.06. The molecule has 2 rings (SSSR count). The predicted octanol–water partition coefficient (Wildman–Crippen LogP) is 2.57. The van der Waals surface area contributed by atoms with Crippen molar-refractivity contribution in [2.75, 3.05) is 17.6 Å². The van der Waals surface area contributed by atoms with Crippen molar-refractivity contribution in [1.29, 1.82) is 0 Å². The first kappa shape index (κ1) is 19.7. The highest BCUT2D eigenvalue weighted by Crippen LogP contribution is 2.19. The van der Waals surface area contributed by atoms with Crippen LogP contribution in [0.3, 0.4) is 0 Å². The predicted molar refractivity (Wildman–Crippen MR) is 99.0 cm³/mol. The summed E-state index contributed by atoms with van der Waals surface area (Å²) in [6.45, 7) is 0. The molecule has 0 heterocycles. The van der Waals surface area contributed by atoms with E-state index in [1.54, 1.807) is 12.1 Å². The topological polar surface area (TPSA) is 92.3 Å². The Morgan fingerprint density at radius 1 is 0.840 bits per heavy atom. The van der Waals surface area contributed by atoms with Gasteiger partial charge in [-0.2, -0.15) is 0 Å². The maximum Gasteiger partial charge on any atom is 0.261 e. The number of sulfonamides is 2. The summed E-state index contributed by atoms with van der Waals surface area (Å²) in [5, 5.41) is 0. The van der Waals surface area contributed by atoms with Crippen molar-refractivity contribution in [3.8, 4) is 0 Å². The second kappa shape index (κ2) is 8.18. The Kier molecular flexibility index (Phi) is 6.45. The van der Waals surface area contributed by atoms with Gasteiger partial charge in [-0.3, -0.25) is 4.72 Å². The highest BCUT2D eigenvalue weighted by molar-refractivity contribution is 7.92. The van der Waals surface area contributed by atoms with E-state index in [9.17, 15) is 16.8 Å². The molecule has 2 aromatic carbocycles. The first-order valence-corrected chi connectivity index (χ1v) is 11.0. The third-order valence-electron chi connectivity index (χ3n) is 3.52. The molecular weight excluding hydrogens is 384 g/mol. The summed E-state index contributed by atoms with van der Waals surface area (Å²) in [6.07, 6.45) is 1.62. The fraction of sp³-hybridized carbons (Fsp3) is 0.250. The second-order valence-corrected chi connectivity index (χ2v) is 9.22. The van der Waals surface area contributed by atoms with Gasteiger partial charge in [0.1, 0.15) is 0 Å². The van der Waals surface area contributed by atoms with Crippen molar-refractivity contribution in [1.82, 2.24) is 4.72 Å². The van der Waals surface area contributed by atoms with E-state index in [1.807, 2.05) is 0 Å². The molecule has 0 fully saturated rings. The minimum absolute atomic E-state index is 0.0570. The number of aryl methyl sites for hydroxylation is 1. The molecule has 25 heavy (non-hydrogen) atoms. The molecular formula is C16H19ClN2O4S2. The molecule has 0 bridgehead atoms. The zero-order valence-corrected chi connectivity index (χ0v) is 16.0. The van der Waals surface area contributed by atoms with Crippen LogP contribution in [0.25, 0.3) is 0 Å². The quantitative estimate of drug-likeness (QED) is 0.663. The maximum absolute atomic E-state index is 12.4. The molecule has 136 valence electrons. The van der Waals surface area contributed by atoms with Crippen LogP contribution in [0, 0.1) is 0 Å². The van der Waals surface area contributed by atoms with E-state index in [0.717, 1.165) is 18.4 Å². The first-order chi connectivity index (χ1) is 11.8. The Morgan fingerprint density at radius 3 is 1.88 bits per heavy atom. The Hall–Kier alpha value is -1.61. The van der Waals surface area contributed by atoms with Crippen LogP contribution in [0.1, 0.15) is 12.0 Å². The molecule has 0 saturated carbocycles. The fourth-order valence-electron chi connectivity index (χ4n) is 2.14. The minimum Gasteiger partial charge on any atom is -0.280 e. The number of benzene rings is 2. The monoisotopic (exact) mass is 402 g/mol. The molecule has 0 radical (unpaired) electrons. The summed E-state index contributed by atoms with van der Waals surface area (Å²) >= 11 is 5.65. The highest BCUT2D eigenvalue weighted by atomic mass is 35.5. The molecule has 0 unspecified atom stereocenters. The average molecular weight is 403 g/mol. The summed E-state index contributed by atoms with van der Waals surface area (Å²) in [4.78, 5) is 0.190. The lowest BCUT2D eigenvalue weighted by Crippen LogP contribution is -2.18. The standard InChI is InChI=1S/C16H19ClN2O4S2/c1-18-24(20,21)15-10-6-14(7-11-15)19-25(22,23)16-8-4-13(5-9-16)3-2-12-17/h4-11,18-19H,2-3,12H2,1H3. The zero-order valence-electron chi connectivity index (χ0n) is 13.6. The van der Waals surface area contributed by atoms with Crippen molar-refractivity contribution in [3.05, 3.63) is 54.1 Å². The van der Waals surface area contributed by atoms with Gasteiger partial charge >= 0.3 is 0 Å². The van der Waals surface area contributed by atoms with Crippen LogP contribution in [-0.2, 0) is 26.5 Å². The minimum atomic E-state index is -3.75. The Bertz CT molecular complexity index is 910.